The predicted molar refractivity (Wildman–Crippen MR) is 103 cm³/mol. The van der Waals surface area contributed by atoms with Gasteiger partial charge in [0.25, 0.3) is 0 Å². The van der Waals surface area contributed by atoms with Gasteiger partial charge < -0.3 is 8.83 Å². The lowest BCUT2D eigenvalue weighted by Gasteiger charge is -1.96. The molecule has 5 nitrogen and oxygen atoms in total. The van der Waals surface area contributed by atoms with Gasteiger partial charge in [-0.2, -0.15) is 5.10 Å². The second-order valence-electron chi connectivity index (χ2n) is 5.70. The van der Waals surface area contributed by atoms with Gasteiger partial charge in [0.05, 0.1) is 6.21 Å². The van der Waals surface area contributed by atoms with Crippen molar-refractivity contribution in [2.45, 2.75) is 0 Å². The van der Waals surface area contributed by atoms with Crippen LogP contribution >= 0.6 is 15.9 Å². The van der Waals surface area contributed by atoms with Crippen LogP contribution in [0.2, 0.25) is 0 Å². The highest BCUT2D eigenvalue weighted by Crippen LogP contribution is 2.23. The number of furan rings is 2. The predicted octanol–water partition coefficient (Wildman–Crippen LogP) is 5.36. The van der Waals surface area contributed by atoms with E-state index in [0.29, 0.717) is 17.1 Å². The maximum Gasteiger partial charge on any atom is 0.307 e. The van der Waals surface area contributed by atoms with Crippen LogP contribution in [0, 0.1) is 5.82 Å². The largest absolute Gasteiger partial charge is 0.455 e. The number of nitrogens with zero attached hydrogens (tertiary/aromatic N) is 1. The maximum absolute atomic E-state index is 13.0. The Hall–Kier alpha value is -3.19. The van der Waals surface area contributed by atoms with Gasteiger partial charge in [0.2, 0.25) is 0 Å². The van der Waals surface area contributed by atoms with Crippen LogP contribution in [0.4, 0.5) is 4.39 Å². The van der Waals surface area contributed by atoms with E-state index in [-0.39, 0.29) is 11.6 Å². The third-order valence-electron chi connectivity index (χ3n) is 3.82. The summed E-state index contributed by atoms with van der Waals surface area (Å²) < 4.78 is 25.0. The van der Waals surface area contributed by atoms with Crippen molar-refractivity contribution in [1.29, 1.82) is 0 Å². The van der Waals surface area contributed by atoms with Crippen LogP contribution in [0.5, 0.6) is 0 Å². The number of hydrogen-bond donors (Lipinski definition) is 1. The first-order valence-electron chi connectivity index (χ1n) is 7.97. The summed E-state index contributed by atoms with van der Waals surface area (Å²) in [4.78, 5) is 12.2. The van der Waals surface area contributed by atoms with Crippen molar-refractivity contribution in [3.8, 4) is 11.3 Å². The van der Waals surface area contributed by atoms with Crippen LogP contribution in [-0.4, -0.2) is 12.1 Å². The lowest BCUT2D eigenvalue weighted by Crippen LogP contribution is -2.16. The van der Waals surface area contributed by atoms with Crippen molar-refractivity contribution >= 4 is 39.0 Å². The number of carbonyl (C=O) groups excluding carboxylic acids is 1. The van der Waals surface area contributed by atoms with Crippen molar-refractivity contribution in [2.75, 3.05) is 0 Å². The molecule has 4 rings (SSSR count). The van der Waals surface area contributed by atoms with E-state index in [1.165, 1.54) is 18.3 Å². The van der Waals surface area contributed by atoms with E-state index < -0.39 is 5.91 Å². The number of rotatable bonds is 4. The zero-order chi connectivity index (χ0) is 18.8. The summed E-state index contributed by atoms with van der Waals surface area (Å²) in [7, 11) is 0. The molecule has 0 aliphatic carbocycles. The van der Waals surface area contributed by atoms with Gasteiger partial charge in [-0.05, 0) is 60.7 Å². The summed E-state index contributed by atoms with van der Waals surface area (Å²) >= 11 is 3.37. The fourth-order valence-electron chi connectivity index (χ4n) is 2.53. The molecular formula is C20H12BrFN2O3. The first-order valence-corrected chi connectivity index (χ1v) is 8.76. The molecular weight excluding hydrogens is 415 g/mol. The third kappa shape index (κ3) is 3.83. The number of hydrogen-bond acceptors (Lipinski definition) is 4. The van der Waals surface area contributed by atoms with Crippen molar-refractivity contribution < 1.29 is 18.0 Å². The third-order valence-corrected chi connectivity index (χ3v) is 4.31. The number of nitrogens with one attached hydrogen (secondary N) is 1. The van der Waals surface area contributed by atoms with Crippen LogP contribution in [0.25, 0.3) is 22.3 Å². The molecule has 27 heavy (non-hydrogen) atoms. The molecule has 0 bridgehead atoms. The van der Waals surface area contributed by atoms with Gasteiger partial charge in [-0.3, -0.25) is 4.79 Å². The van der Waals surface area contributed by atoms with Gasteiger partial charge in [0.15, 0.2) is 5.76 Å². The highest BCUT2D eigenvalue weighted by molar-refractivity contribution is 9.10. The van der Waals surface area contributed by atoms with Gasteiger partial charge in [-0.15, -0.1) is 0 Å². The second-order valence-corrected chi connectivity index (χ2v) is 6.62. The summed E-state index contributed by atoms with van der Waals surface area (Å²) in [5.41, 5.74) is 3.75. The first-order chi connectivity index (χ1) is 13.1. The minimum absolute atomic E-state index is 0.159. The Labute approximate surface area is 161 Å². The Morgan fingerprint density at radius 2 is 1.85 bits per heavy atom. The van der Waals surface area contributed by atoms with Crippen LogP contribution in [0.15, 0.2) is 79.1 Å². The molecule has 1 amide bonds. The molecule has 134 valence electrons. The highest BCUT2D eigenvalue weighted by atomic mass is 79.9. The minimum atomic E-state index is -0.469. The maximum atomic E-state index is 13.0. The molecule has 0 atom stereocenters. The zero-order valence-electron chi connectivity index (χ0n) is 13.8. The average molecular weight is 427 g/mol. The van der Waals surface area contributed by atoms with Crippen LogP contribution < -0.4 is 5.43 Å². The summed E-state index contributed by atoms with van der Waals surface area (Å²) in [6.45, 7) is 0. The number of fused-ring (bicyclic) bond motifs is 1. The molecule has 0 fully saturated rings. The smallest absolute Gasteiger partial charge is 0.307 e. The monoisotopic (exact) mass is 426 g/mol. The lowest BCUT2D eigenvalue weighted by atomic mass is 10.2. The van der Waals surface area contributed by atoms with Crippen molar-refractivity contribution in [2.24, 2.45) is 5.10 Å². The van der Waals surface area contributed by atoms with Crippen LogP contribution in [0.3, 0.4) is 0 Å². The molecule has 0 radical (unpaired) electrons. The van der Waals surface area contributed by atoms with E-state index >= 15 is 0 Å². The second kappa shape index (κ2) is 7.20. The van der Waals surface area contributed by atoms with E-state index in [0.717, 1.165) is 15.4 Å². The Morgan fingerprint density at radius 1 is 1.04 bits per heavy atom. The minimum Gasteiger partial charge on any atom is -0.455 e. The Morgan fingerprint density at radius 3 is 2.67 bits per heavy atom. The summed E-state index contributed by atoms with van der Waals surface area (Å²) in [6, 6.07) is 16.5. The fraction of sp³-hybridized carbons (Fsp3) is 0. The molecule has 1 N–H and O–H groups in total. The number of carbonyl (C=O) groups is 1. The molecule has 7 heteroatoms. The molecule has 2 aromatic heterocycles. The standard InChI is InChI=1S/C20H12BrFN2O3/c21-14-3-7-18-13(9-14)10-19(27-18)20(25)24-23-11-16-6-8-17(26-16)12-1-4-15(22)5-2-12/h1-11H,(H,24,25)/b23-11+. The summed E-state index contributed by atoms with van der Waals surface area (Å²) in [6.07, 6.45) is 1.38. The molecule has 4 aromatic rings. The fourth-order valence-corrected chi connectivity index (χ4v) is 2.91. The first kappa shape index (κ1) is 17.2. The normalized spacial score (nSPS) is 11.3. The highest BCUT2D eigenvalue weighted by Gasteiger charge is 2.12. The van der Waals surface area contributed by atoms with Gasteiger partial charge in [-0.25, -0.2) is 9.82 Å². The van der Waals surface area contributed by atoms with Crippen molar-refractivity contribution in [3.05, 3.63) is 82.5 Å². The van der Waals surface area contributed by atoms with E-state index in [1.807, 2.05) is 12.1 Å². The zero-order valence-corrected chi connectivity index (χ0v) is 15.4. The number of halogens is 2. The SMILES string of the molecule is O=C(N/N=C/c1ccc(-c2ccc(F)cc2)o1)c1cc2cc(Br)ccc2o1. The number of benzene rings is 2. The molecule has 0 spiro atoms. The summed E-state index contributed by atoms with van der Waals surface area (Å²) in [5.74, 6) is 0.400. The molecule has 0 unspecified atom stereocenters. The Balaban J connectivity index is 1.44. The van der Waals surface area contributed by atoms with Gasteiger partial charge in [0.1, 0.15) is 22.9 Å². The average Bonchev–Trinajstić information content (AvgIpc) is 3.29. The van der Waals surface area contributed by atoms with Crippen molar-refractivity contribution in [3.63, 3.8) is 0 Å². The molecule has 0 aliphatic rings. The number of hydrazone groups is 1. The van der Waals surface area contributed by atoms with Gasteiger partial charge in [0, 0.05) is 15.4 Å². The van der Waals surface area contributed by atoms with E-state index in [4.69, 9.17) is 8.83 Å². The molecule has 2 aromatic carbocycles. The van der Waals surface area contributed by atoms with Crippen molar-refractivity contribution in [1.82, 2.24) is 5.43 Å². The summed E-state index contributed by atoms with van der Waals surface area (Å²) in [5, 5.41) is 4.69. The number of amides is 1. The molecule has 2 heterocycles. The van der Waals surface area contributed by atoms with Crippen LogP contribution in [0.1, 0.15) is 16.3 Å². The van der Waals surface area contributed by atoms with E-state index in [1.54, 1.807) is 36.4 Å². The van der Waals surface area contributed by atoms with E-state index in [2.05, 4.69) is 26.5 Å². The molecule has 0 saturated heterocycles. The Kier molecular flexibility index (Phi) is 4.60. The topological polar surface area (TPSA) is 67.7 Å². The van der Waals surface area contributed by atoms with Crippen LogP contribution in [-0.2, 0) is 0 Å². The quantitative estimate of drug-likeness (QED) is 0.352. The van der Waals surface area contributed by atoms with E-state index in [9.17, 15) is 9.18 Å². The lowest BCUT2D eigenvalue weighted by molar-refractivity contribution is 0.0929. The van der Waals surface area contributed by atoms with Gasteiger partial charge >= 0.3 is 5.91 Å². The molecule has 0 aliphatic heterocycles. The Bertz CT molecular complexity index is 1150. The molecule has 0 saturated carbocycles. The van der Waals surface area contributed by atoms with Gasteiger partial charge in [-0.1, -0.05) is 15.9 Å².